The molecule has 0 amide bonds. The summed E-state index contributed by atoms with van der Waals surface area (Å²) in [7, 11) is 0. The lowest BCUT2D eigenvalue weighted by molar-refractivity contribution is -0.592. The second-order valence-electron chi connectivity index (χ2n) is 5.62. The van der Waals surface area contributed by atoms with Gasteiger partial charge in [-0.15, -0.1) is 0 Å². The Labute approximate surface area is 168 Å². The number of phenolic OH excluding ortho intramolecular Hbond substituents is 1. The van der Waals surface area contributed by atoms with Gasteiger partial charge in [0, 0.05) is 15.9 Å². The molecule has 0 aliphatic rings. The third-order valence-corrected chi connectivity index (χ3v) is 6.21. The number of nitrogens with zero attached hydrogens (tertiary/aromatic N) is 1. The fourth-order valence-electron chi connectivity index (χ4n) is 3.06. The van der Waals surface area contributed by atoms with Crippen molar-refractivity contribution < 1.29 is 9.84 Å². The SMILES string of the molecule is [O-][n+]1ccc2c(ccc3ccccc32)c1-c1c(Br)cc(Br)c(O)c1Br. The molecule has 0 atom stereocenters. The van der Waals surface area contributed by atoms with E-state index in [0.717, 1.165) is 26.3 Å². The average Bonchev–Trinajstić information content (AvgIpc) is 2.61. The summed E-state index contributed by atoms with van der Waals surface area (Å²) in [5, 5.41) is 26.9. The highest BCUT2D eigenvalue weighted by Crippen LogP contribution is 2.45. The van der Waals surface area contributed by atoms with Gasteiger partial charge in [0.2, 0.25) is 5.69 Å². The molecule has 0 saturated heterocycles. The standard InChI is InChI=1S/C19H10Br3NO2/c20-14-9-15(21)19(24)17(22)16(14)18-13-6-5-10-3-1-2-4-11(10)12(13)7-8-23(18)25/h1-9,24H. The van der Waals surface area contributed by atoms with Gasteiger partial charge in [-0.3, -0.25) is 0 Å². The van der Waals surface area contributed by atoms with Crippen molar-refractivity contribution in [2.75, 3.05) is 0 Å². The Hall–Kier alpha value is -1.63. The minimum atomic E-state index is 0.0518. The molecule has 0 bridgehead atoms. The second kappa shape index (κ2) is 6.27. The van der Waals surface area contributed by atoms with E-state index in [-0.39, 0.29) is 5.75 Å². The Bertz CT molecular complexity index is 1160. The van der Waals surface area contributed by atoms with Gasteiger partial charge in [-0.1, -0.05) is 30.3 Å². The van der Waals surface area contributed by atoms with Crippen LogP contribution >= 0.6 is 47.8 Å². The van der Waals surface area contributed by atoms with Crippen LogP contribution in [0.25, 0.3) is 32.8 Å². The van der Waals surface area contributed by atoms with Crippen molar-refractivity contribution in [3.8, 4) is 17.0 Å². The number of fused-ring (bicyclic) bond motifs is 3. The van der Waals surface area contributed by atoms with Crippen molar-refractivity contribution in [2.24, 2.45) is 0 Å². The Morgan fingerprint density at radius 1 is 0.840 bits per heavy atom. The van der Waals surface area contributed by atoms with Crippen LogP contribution in [0.4, 0.5) is 0 Å². The van der Waals surface area contributed by atoms with E-state index < -0.39 is 0 Å². The first-order valence-corrected chi connectivity index (χ1v) is 9.77. The van der Waals surface area contributed by atoms with E-state index in [0.29, 0.717) is 24.7 Å². The predicted octanol–water partition coefficient (Wildman–Crippen LogP) is 6.29. The summed E-state index contributed by atoms with van der Waals surface area (Å²) in [6, 6.07) is 15.6. The molecule has 1 aromatic heterocycles. The van der Waals surface area contributed by atoms with Crippen LogP contribution in [0.5, 0.6) is 5.75 Å². The first-order chi connectivity index (χ1) is 12.0. The van der Waals surface area contributed by atoms with Crippen molar-refractivity contribution in [1.29, 1.82) is 0 Å². The number of phenols is 1. The number of hydrogen-bond acceptors (Lipinski definition) is 2. The number of rotatable bonds is 1. The van der Waals surface area contributed by atoms with Gasteiger partial charge in [0.05, 0.1) is 19.9 Å². The number of pyridine rings is 1. The highest BCUT2D eigenvalue weighted by molar-refractivity contribution is 9.11. The summed E-state index contributed by atoms with van der Waals surface area (Å²) in [6.07, 6.45) is 1.50. The van der Waals surface area contributed by atoms with Crippen molar-refractivity contribution in [2.45, 2.75) is 0 Å². The summed E-state index contributed by atoms with van der Waals surface area (Å²) in [5.41, 5.74) is 1.08. The molecule has 0 aliphatic carbocycles. The summed E-state index contributed by atoms with van der Waals surface area (Å²) in [5.74, 6) is 0.0518. The van der Waals surface area contributed by atoms with E-state index in [1.165, 1.54) is 6.20 Å². The molecule has 4 aromatic rings. The molecule has 0 saturated carbocycles. The number of aromatic nitrogens is 1. The number of halogens is 3. The number of benzene rings is 3. The Balaban J connectivity index is 2.18. The zero-order chi connectivity index (χ0) is 17.7. The van der Waals surface area contributed by atoms with E-state index >= 15 is 0 Å². The first-order valence-electron chi connectivity index (χ1n) is 7.39. The van der Waals surface area contributed by atoms with E-state index in [1.807, 2.05) is 42.5 Å². The van der Waals surface area contributed by atoms with Crippen molar-refractivity contribution in [3.63, 3.8) is 0 Å². The summed E-state index contributed by atoms with van der Waals surface area (Å²) < 4.78 is 2.53. The van der Waals surface area contributed by atoms with Crippen LogP contribution in [-0.4, -0.2) is 5.11 Å². The Morgan fingerprint density at radius 3 is 2.40 bits per heavy atom. The van der Waals surface area contributed by atoms with Crippen LogP contribution in [0, 0.1) is 5.21 Å². The van der Waals surface area contributed by atoms with Gasteiger partial charge < -0.3 is 10.3 Å². The maximum atomic E-state index is 12.7. The average molecular weight is 524 g/mol. The highest BCUT2D eigenvalue weighted by atomic mass is 79.9. The van der Waals surface area contributed by atoms with E-state index in [1.54, 1.807) is 6.07 Å². The third-order valence-electron chi connectivity index (χ3n) is 4.21. The molecule has 1 heterocycles. The largest absolute Gasteiger partial charge is 0.618 e. The predicted molar refractivity (Wildman–Crippen MR) is 111 cm³/mol. The van der Waals surface area contributed by atoms with Gasteiger partial charge in [0.25, 0.3) is 0 Å². The summed E-state index contributed by atoms with van der Waals surface area (Å²) in [6.45, 7) is 0. The van der Waals surface area contributed by atoms with Crippen LogP contribution in [-0.2, 0) is 0 Å². The molecule has 124 valence electrons. The third kappa shape index (κ3) is 2.63. The Kier molecular flexibility index (Phi) is 4.22. The molecule has 25 heavy (non-hydrogen) atoms. The molecule has 0 aliphatic heterocycles. The molecule has 6 heteroatoms. The number of hydrogen-bond donors (Lipinski definition) is 1. The Morgan fingerprint density at radius 2 is 1.60 bits per heavy atom. The molecule has 0 fully saturated rings. The molecule has 4 rings (SSSR count). The maximum Gasteiger partial charge on any atom is 0.234 e. The molecule has 0 spiro atoms. The van der Waals surface area contributed by atoms with Gasteiger partial charge >= 0.3 is 0 Å². The van der Waals surface area contributed by atoms with Gasteiger partial charge in [0.15, 0.2) is 6.20 Å². The first kappa shape index (κ1) is 16.8. The molecule has 1 N–H and O–H groups in total. The fraction of sp³-hybridized carbons (Fsp3) is 0. The quantitative estimate of drug-likeness (QED) is 0.181. The lowest BCUT2D eigenvalue weighted by atomic mass is 9.98. The molecule has 3 nitrogen and oxygen atoms in total. The molecule has 0 unspecified atom stereocenters. The second-order valence-corrected chi connectivity index (χ2v) is 8.12. The zero-order valence-corrected chi connectivity index (χ0v) is 17.4. The smallest absolute Gasteiger partial charge is 0.234 e. The minimum Gasteiger partial charge on any atom is -0.618 e. The van der Waals surface area contributed by atoms with Gasteiger partial charge in [-0.05, 0) is 70.7 Å². The van der Waals surface area contributed by atoms with Gasteiger partial charge in [-0.25, -0.2) is 0 Å². The van der Waals surface area contributed by atoms with Crippen molar-refractivity contribution in [3.05, 3.63) is 73.4 Å². The van der Waals surface area contributed by atoms with Crippen molar-refractivity contribution in [1.82, 2.24) is 0 Å². The minimum absolute atomic E-state index is 0.0518. The van der Waals surface area contributed by atoms with Crippen LogP contribution in [0.3, 0.4) is 0 Å². The number of aromatic hydroxyl groups is 1. The lowest BCUT2D eigenvalue weighted by Crippen LogP contribution is -2.28. The summed E-state index contributed by atoms with van der Waals surface area (Å²) >= 11 is 10.3. The normalized spacial score (nSPS) is 11.3. The van der Waals surface area contributed by atoms with Crippen molar-refractivity contribution >= 4 is 69.3 Å². The van der Waals surface area contributed by atoms with Crippen LogP contribution in [0.15, 0.2) is 68.1 Å². The molecular formula is C19H10Br3NO2. The highest BCUT2D eigenvalue weighted by Gasteiger charge is 2.24. The maximum absolute atomic E-state index is 12.7. The van der Waals surface area contributed by atoms with E-state index in [4.69, 9.17) is 0 Å². The topological polar surface area (TPSA) is 47.2 Å². The fourth-order valence-corrected chi connectivity index (χ4v) is 5.56. The molecule has 3 aromatic carbocycles. The summed E-state index contributed by atoms with van der Waals surface area (Å²) in [4.78, 5) is 0. The monoisotopic (exact) mass is 521 g/mol. The van der Waals surface area contributed by atoms with Crippen LogP contribution in [0.1, 0.15) is 0 Å². The van der Waals surface area contributed by atoms with Gasteiger partial charge in [0.1, 0.15) is 5.75 Å². The zero-order valence-electron chi connectivity index (χ0n) is 12.6. The molecule has 0 radical (unpaired) electrons. The van der Waals surface area contributed by atoms with E-state index in [2.05, 4.69) is 47.8 Å². The van der Waals surface area contributed by atoms with E-state index in [9.17, 15) is 10.3 Å². The molecular weight excluding hydrogens is 514 g/mol. The van der Waals surface area contributed by atoms with Crippen LogP contribution in [0.2, 0.25) is 0 Å². The van der Waals surface area contributed by atoms with Gasteiger partial charge in [-0.2, -0.15) is 4.73 Å². The van der Waals surface area contributed by atoms with Crippen LogP contribution < -0.4 is 4.73 Å². The lowest BCUT2D eigenvalue weighted by Gasteiger charge is -2.14.